The third-order valence-electron chi connectivity index (χ3n) is 2.99. The van der Waals surface area contributed by atoms with E-state index in [1.54, 1.807) is 6.07 Å². The van der Waals surface area contributed by atoms with Gasteiger partial charge in [-0.05, 0) is 31.0 Å². The van der Waals surface area contributed by atoms with E-state index in [1.807, 2.05) is 19.1 Å². The first-order valence-corrected chi connectivity index (χ1v) is 7.28. The number of nitrogens with one attached hydrogen (secondary N) is 1. The quantitative estimate of drug-likeness (QED) is 0.817. The second kappa shape index (κ2) is 7.59. The van der Waals surface area contributed by atoms with Gasteiger partial charge in [-0.1, -0.05) is 25.5 Å². The summed E-state index contributed by atoms with van der Waals surface area (Å²) < 4.78 is 5.31. The summed E-state index contributed by atoms with van der Waals surface area (Å²) in [5, 5.41) is 3.24. The van der Waals surface area contributed by atoms with E-state index >= 15 is 0 Å². The number of hydrogen-bond donors (Lipinski definition) is 2. The number of hydrogen-bond acceptors (Lipinski definition) is 5. The van der Waals surface area contributed by atoms with E-state index in [0.29, 0.717) is 30.7 Å². The van der Waals surface area contributed by atoms with Gasteiger partial charge in [0.1, 0.15) is 18.2 Å². The summed E-state index contributed by atoms with van der Waals surface area (Å²) in [6, 6.07) is 10.1. The zero-order valence-corrected chi connectivity index (χ0v) is 12.6. The maximum atomic E-state index is 5.80. The molecule has 0 unspecified atom stereocenters. The summed E-state index contributed by atoms with van der Waals surface area (Å²) in [5.74, 6) is 1.70. The van der Waals surface area contributed by atoms with Crippen LogP contribution in [0.15, 0.2) is 30.3 Å². The van der Waals surface area contributed by atoms with Gasteiger partial charge in [-0.2, -0.15) is 0 Å². The van der Waals surface area contributed by atoms with Crippen LogP contribution in [0.5, 0.6) is 0 Å². The molecule has 0 amide bonds. The molecule has 2 rings (SSSR count). The third-order valence-corrected chi connectivity index (χ3v) is 2.99. The Hall–Kier alpha value is -2.14. The van der Waals surface area contributed by atoms with Gasteiger partial charge >= 0.3 is 0 Å². The summed E-state index contributed by atoms with van der Waals surface area (Å²) in [4.78, 5) is 8.55. The van der Waals surface area contributed by atoms with Gasteiger partial charge in [0.15, 0.2) is 5.82 Å². The molecule has 0 saturated heterocycles. The molecule has 3 N–H and O–H groups in total. The SMILES string of the molecule is CCCc1ccc(Nc2cc(N)nc(COCC)n2)cc1. The fraction of sp³-hybridized carbons (Fsp3) is 0.375. The number of ether oxygens (including phenoxy) is 1. The van der Waals surface area contributed by atoms with Crippen molar-refractivity contribution in [3.8, 4) is 0 Å². The largest absolute Gasteiger partial charge is 0.384 e. The van der Waals surface area contributed by atoms with Crippen LogP contribution in [0.4, 0.5) is 17.3 Å². The second-order valence-corrected chi connectivity index (χ2v) is 4.80. The number of rotatable bonds is 7. The van der Waals surface area contributed by atoms with Crippen LogP contribution in [-0.2, 0) is 17.8 Å². The van der Waals surface area contributed by atoms with E-state index in [0.717, 1.165) is 18.5 Å². The lowest BCUT2D eigenvalue weighted by molar-refractivity contribution is 0.128. The van der Waals surface area contributed by atoms with Crippen LogP contribution < -0.4 is 11.1 Å². The summed E-state index contributed by atoms with van der Waals surface area (Å²) in [7, 11) is 0. The Morgan fingerprint density at radius 2 is 1.90 bits per heavy atom. The average Bonchev–Trinajstić information content (AvgIpc) is 2.47. The van der Waals surface area contributed by atoms with Crippen LogP contribution in [0.3, 0.4) is 0 Å². The molecule has 0 fully saturated rings. The van der Waals surface area contributed by atoms with Crippen molar-refractivity contribution in [3.05, 3.63) is 41.7 Å². The molecule has 0 aliphatic heterocycles. The van der Waals surface area contributed by atoms with Crippen molar-refractivity contribution in [1.29, 1.82) is 0 Å². The van der Waals surface area contributed by atoms with Crippen LogP contribution in [-0.4, -0.2) is 16.6 Å². The normalized spacial score (nSPS) is 10.6. The van der Waals surface area contributed by atoms with E-state index in [1.165, 1.54) is 5.56 Å². The number of nitrogen functional groups attached to an aromatic ring is 1. The van der Waals surface area contributed by atoms with Gasteiger partial charge in [0.05, 0.1) is 0 Å². The van der Waals surface area contributed by atoms with Gasteiger partial charge in [0, 0.05) is 18.4 Å². The predicted octanol–water partition coefficient (Wildman–Crippen LogP) is 3.29. The maximum absolute atomic E-state index is 5.80. The van der Waals surface area contributed by atoms with Gasteiger partial charge in [0.25, 0.3) is 0 Å². The standard InChI is InChI=1S/C16H22N4O/c1-3-5-12-6-8-13(9-7-12)18-15-10-14(17)19-16(20-15)11-21-4-2/h6-10H,3-5,11H2,1-2H3,(H3,17,18,19,20). The van der Waals surface area contributed by atoms with E-state index in [2.05, 4.69) is 34.3 Å². The average molecular weight is 286 g/mol. The Bertz CT molecular complexity index is 569. The van der Waals surface area contributed by atoms with Crippen molar-refractivity contribution in [3.63, 3.8) is 0 Å². The van der Waals surface area contributed by atoms with E-state index in [9.17, 15) is 0 Å². The highest BCUT2D eigenvalue weighted by Crippen LogP contribution is 2.17. The third kappa shape index (κ3) is 4.72. The molecule has 0 bridgehead atoms. The van der Waals surface area contributed by atoms with Crippen LogP contribution in [0.1, 0.15) is 31.7 Å². The molecule has 5 heteroatoms. The summed E-state index contributed by atoms with van der Waals surface area (Å²) >= 11 is 0. The molecule has 2 aromatic rings. The Balaban J connectivity index is 2.09. The molecule has 0 radical (unpaired) electrons. The van der Waals surface area contributed by atoms with Crippen LogP contribution in [0.2, 0.25) is 0 Å². The Morgan fingerprint density at radius 1 is 1.14 bits per heavy atom. The van der Waals surface area contributed by atoms with Gasteiger partial charge in [-0.15, -0.1) is 0 Å². The van der Waals surface area contributed by atoms with E-state index < -0.39 is 0 Å². The van der Waals surface area contributed by atoms with Gasteiger partial charge in [-0.25, -0.2) is 9.97 Å². The highest BCUT2D eigenvalue weighted by molar-refractivity contribution is 5.58. The smallest absolute Gasteiger partial charge is 0.158 e. The minimum atomic E-state index is 0.367. The maximum Gasteiger partial charge on any atom is 0.158 e. The zero-order chi connectivity index (χ0) is 15.1. The summed E-state index contributed by atoms with van der Waals surface area (Å²) in [6.07, 6.45) is 2.25. The van der Waals surface area contributed by atoms with E-state index in [-0.39, 0.29) is 0 Å². The highest BCUT2D eigenvalue weighted by atomic mass is 16.5. The summed E-state index contributed by atoms with van der Waals surface area (Å²) in [5.41, 5.74) is 8.12. The molecule has 1 aromatic carbocycles. The minimum absolute atomic E-state index is 0.367. The molecule has 5 nitrogen and oxygen atoms in total. The molecule has 1 aromatic heterocycles. The first kappa shape index (κ1) is 15.3. The van der Waals surface area contributed by atoms with Crippen molar-refractivity contribution < 1.29 is 4.74 Å². The highest BCUT2D eigenvalue weighted by Gasteiger charge is 2.03. The molecule has 0 spiro atoms. The Labute approximate surface area is 125 Å². The number of nitrogens with two attached hydrogens (primary N) is 1. The van der Waals surface area contributed by atoms with Crippen LogP contribution >= 0.6 is 0 Å². The summed E-state index contributed by atoms with van der Waals surface area (Å²) in [6.45, 7) is 5.10. The molecule has 21 heavy (non-hydrogen) atoms. The fourth-order valence-corrected chi connectivity index (χ4v) is 2.03. The molecule has 0 aliphatic rings. The topological polar surface area (TPSA) is 73.1 Å². The first-order chi connectivity index (χ1) is 10.2. The second-order valence-electron chi connectivity index (χ2n) is 4.80. The lowest BCUT2D eigenvalue weighted by Gasteiger charge is -2.09. The molecule has 0 saturated carbocycles. The molecule has 112 valence electrons. The van der Waals surface area contributed by atoms with Gasteiger partial charge in [0.2, 0.25) is 0 Å². The number of benzene rings is 1. The zero-order valence-electron chi connectivity index (χ0n) is 12.6. The van der Waals surface area contributed by atoms with Crippen molar-refractivity contribution >= 4 is 17.3 Å². The molecule has 1 heterocycles. The number of aryl methyl sites for hydroxylation is 1. The Kier molecular flexibility index (Phi) is 5.51. The molecular formula is C16H22N4O. The fourth-order valence-electron chi connectivity index (χ4n) is 2.03. The van der Waals surface area contributed by atoms with E-state index in [4.69, 9.17) is 10.5 Å². The number of anilines is 3. The van der Waals surface area contributed by atoms with Gasteiger partial charge < -0.3 is 15.8 Å². The monoisotopic (exact) mass is 286 g/mol. The molecular weight excluding hydrogens is 264 g/mol. The Morgan fingerprint density at radius 3 is 2.57 bits per heavy atom. The lowest BCUT2D eigenvalue weighted by atomic mass is 10.1. The number of nitrogens with zero attached hydrogens (tertiary/aromatic N) is 2. The number of aromatic nitrogens is 2. The van der Waals surface area contributed by atoms with Crippen molar-refractivity contribution in [2.75, 3.05) is 17.7 Å². The van der Waals surface area contributed by atoms with Crippen molar-refractivity contribution in [2.45, 2.75) is 33.3 Å². The minimum Gasteiger partial charge on any atom is -0.384 e. The molecule has 0 aliphatic carbocycles. The van der Waals surface area contributed by atoms with Crippen LogP contribution in [0.25, 0.3) is 0 Å². The first-order valence-electron chi connectivity index (χ1n) is 7.28. The van der Waals surface area contributed by atoms with Crippen molar-refractivity contribution in [1.82, 2.24) is 9.97 Å². The van der Waals surface area contributed by atoms with Crippen molar-refractivity contribution in [2.24, 2.45) is 0 Å². The molecule has 0 atom stereocenters. The van der Waals surface area contributed by atoms with Crippen LogP contribution in [0, 0.1) is 0 Å². The lowest BCUT2D eigenvalue weighted by Crippen LogP contribution is -2.05. The van der Waals surface area contributed by atoms with Gasteiger partial charge in [-0.3, -0.25) is 0 Å². The predicted molar refractivity (Wildman–Crippen MR) is 85.5 cm³/mol.